The van der Waals surface area contributed by atoms with Crippen LogP contribution in [-0.2, 0) is 0 Å². The molecule has 1 aromatic rings. The number of aromatic nitrogens is 2. The van der Waals surface area contributed by atoms with Gasteiger partial charge in [0.2, 0.25) is 5.89 Å². The van der Waals surface area contributed by atoms with Crippen LogP contribution in [0.5, 0.6) is 0 Å². The van der Waals surface area contributed by atoms with E-state index in [2.05, 4.69) is 17.5 Å². The number of hydrogen-bond acceptors (Lipinski definition) is 4. The summed E-state index contributed by atoms with van der Waals surface area (Å²) in [6.45, 7) is 0. The van der Waals surface area contributed by atoms with Gasteiger partial charge in [-0.25, -0.2) is 0 Å². The Morgan fingerprint density at radius 1 is 0.905 bits per heavy atom. The van der Waals surface area contributed by atoms with Crippen LogP contribution in [0.1, 0.15) is 94.2 Å². The van der Waals surface area contributed by atoms with Gasteiger partial charge in [-0.2, -0.15) is 4.98 Å². The van der Waals surface area contributed by atoms with E-state index in [1.54, 1.807) is 0 Å². The standard InChI is InChI=1S/C17H29N3O/c1-18-15-12-8-7-11-14(15)17-19-16(20-21-17)13-9-5-3-2-4-6-10-13/h13-15,18H,2-12H2,1H3. The van der Waals surface area contributed by atoms with Gasteiger partial charge in [-0.05, 0) is 32.7 Å². The lowest BCUT2D eigenvalue weighted by Crippen LogP contribution is -2.34. The maximum atomic E-state index is 5.66. The molecule has 21 heavy (non-hydrogen) atoms. The Balaban J connectivity index is 1.69. The fraction of sp³-hybridized carbons (Fsp3) is 0.882. The topological polar surface area (TPSA) is 51.0 Å². The lowest BCUT2D eigenvalue weighted by Gasteiger charge is -2.28. The normalized spacial score (nSPS) is 29.0. The van der Waals surface area contributed by atoms with Crippen LogP contribution < -0.4 is 5.32 Å². The average Bonchev–Trinajstić information content (AvgIpc) is 2.96. The first-order chi connectivity index (χ1) is 10.4. The van der Waals surface area contributed by atoms with Gasteiger partial charge in [0.1, 0.15) is 0 Å². The van der Waals surface area contributed by atoms with E-state index in [1.807, 2.05) is 0 Å². The molecule has 4 heteroatoms. The lowest BCUT2D eigenvalue weighted by molar-refractivity contribution is 0.269. The Morgan fingerprint density at radius 2 is 1.57 bits per heavy atom. The smallest absolute Gasteiger partial charge is 0.231 e. The second kappa shape index (κ2) is 7.39. The maximum Gasteiger partial charge on any atom is 0.231 e. The molecule has 2 aliphatic carbocycles. The zero-order valence-corrected chi connectivity index (χ0v) is 13.3. The van der Waals surface area contributed by atoms with Crippen LogP contribution >= 0.6 is 0 Å². The first-order valence-corrected chi connectivity index (χ1v) is 8.89. The van der Waals surface area contributed by atoms with Gasteiger partial charge >= 0.3 is 0 Å². The summed E-state index contributed by atoms with van der Waals surface area (Å²) < 4.78 is 5.66. The molecule has 0 spiro atoms. The number of rotatable bonds is 3. The Kier molecular flexibility index (Phi) is 5.28. The first-order valence-electron chi connectivity index (χ1n) is 8.89. The van der Waals surface area contributed by atoms with Crippen molar-refractivity contribution in [2.24, 2.45) is 0 Å². The van der Waals surface area contributed by atoms with Crippen LogP contribution in [0.4, 0.5) is 0 Å². The van der Waals surface area contributed by atoms with Gasteiger partial charge in [0.05, 0.1) is 5.92 Å². The molecule has 118 valence electrons. The molecule has 2 atom stereocenters. The molecule has 2 saturated carbocycles. The Bertz CT molecular complexity index is 423. The lowest BCUT2D eigenvalue weighted by atomic mass is 9.84. The van der Waals surface area contributed by atoms with E-state index in [4.69, 9.17) is 9.51 Å². The predicted molar refractivity (Wildman–Crippen MR) is 83.4 cm³/mol. The molecular formula is C17H29N3O. The van der Waals surface area contributed by atoms with Crippen LogP contribution in [0.25, 0.3) is 0 Å². The van der Waals surface area contributed by atoms with E-state index in [1.165, 1.54) is 70.6 Å². The zero-order valence-electron chi connectivity index (χ0n) is 13.3. The van der Waals surface area contributed by atoms with Gasteiger partial charge in [0.15, 0.2) is 5.82 Å². The van der Waals surface area contributed by atoms with Crippen LogP contribution in [0.3, 0.4) is 0 Å². The van der Waals surface area contributed by atoms with E-state index < -0.39 is 0 Å². The van der Waals surface area contributed by atoms with Crippen LogP contribution in [0, 0.1) is 0 Å². The fourth-order valence-corrected chi connectivity index (χ4v) is 4.05. The molecule has 3 rings (SSSR count). The molecule has 1 aromatic heterocycles. The van der Waals surface area contributed by atoms with E-state index in [9.17, 15) is 0 Å². The zero-order chi connectivity index (χ0) is 14.5. The SMILES string of the molecule is CNC1CCCCC1c1nc(C2CCCCCCC2)no1. The van der Waals surface area contributed by atoms with Crippen molar-refractivity contribution in [2.45, 2.75) is 88.5 Å². The van der Waals surface area contributed by atoms with Crippen molar-refractivity contribution >= 4 is 0 Å². The Labute approximate surface area is 128 Å². The molecule has 0 radical (unpaired) electrons. The number of likely N-dealkylation sites (N-methyl/N-ethyl adjacent to an activating group) is 1. The van der Waals surface area contributed by atoms with Gasteiger partial charge < -0.3 is 9.84 Å². The molecule has 1 N–H and O–H groups in total. The minimum atomic E-state index is 0.415. The summed E-state index contributed by atoms with van der Waals surface area (Å²) in [5, 5.41) is 7.77. The highest BCUT2D eigenvalue weighted by atomic mass is 16.5. The molecule has 0 saturated heterocycles. The second-order valence-electron chi connectivity index (χ2n) is 6.82. The summed E-state index contributed by atoms with van der Waals surface area (Å²) in [6.07, 6.45) is 14.2. The van der Waals surface area contributed by atoms with E-state index >= 15 is 0 Å². The van der Waals surface area contributed by atoms with Gasteiger partial charge in [0.25, 0.3) is 0 Å². The molecule has 0 bridgehead atoms. The molecule has 0 amide bonds. The van der Waals surface area contributed by atoms with Gasteiger partial charge in [-0.3, -0.25) is 0 Å². The largest absolute Gasteiger partial charge is 0.339 e. The van der Waals surface area contributed by atoms with Crippen molar-refractivity contribution in [3.8, 4) is 0 Å². The van der Waals surface area contributed by atoms with Crippen LogP contribution in [0.2, 0.25) is 0 Å². The number of nitrogens with one attached hydrogen (secondary N) is 1. The maximum absolute atomic E-state index is 5.66. The molecule has 0 aromatic carbocycles. The van der Waals surface area contributed by atoms with Crippen LogP contribution in [0.15, 0.2) is 4.52 Å². The molecular weight excluding hydrogens is 262 g/mol. The van der Waals surface area contributed by atoms with Crippen molar-refractivity contribution in [1.82, 2.24) is 15.5 Å². The number of hydrogen-bond donors (Lipinski definition) is 1. The molecule has 0 aliphatic heterocycles. The first kappa shape index (κ1) is 15.0. The van der Waals surface area contributed by atoms with Crippen molar-refractivity contribution in [3.63, 3.8) is 0 Å². The van der Waals surface area contributed by atoms with Crippen molar-refractivity contribution in [2.75, 3.05) is 7.05 Å². The van der Waals surface area contributed by atoms with Gasteiger partial charge in [-0.15, -0.1) is 0 Å². The summed E-state index contributed by atoms with van der Waals surface area (Å²) >= 11 is 0. The third-order valence-electron chi connectivity index (χ3n) is 5.38. The monoisotopic (exact) mass is 291 g/mol. The van der Waals surface area contributed by atoms with E-state index in [0.717, 1.165) is 11.7 Å². The van der Waals surface area contributed by atoms with Crippen LogP contribution in [-0.4, -0.2) is 23.2 Å². The van der Waals surface area contributed by atoms with E-state index in [-0.39, 0.29) is 0 Å². The molecule has 2 aliphatic rings. The van der Waals surface area contributed by atoms with Crippen molar-refractivity contribution in [3.05, 3.63) is 11.7 Å². The highest BCUT2D eigenvalue weighted by Gasteiger charge is 2.30. The fourth-order valence-electron chi connectivity index (χ4n) is 4.05. The quantitative estimate of drug-likeness (QED) is 0.909. The molecule has 2 fully saturated rings. The summed E-state index contributed by atoms with van der Waals surface area (Å²) in [5.41, 5.74) is 0. The molecule has 1 heterocycles. The van der Waals surface area contributed by atoms with E-state index in [0.29, 0.717) is 17.9 Å². The highest BCUT2D eigenvalue weighted by Crippen LogP contribution is 2.34. The average molecular weight is 291 g/mol. The minimum absolute atomic E-state index is 0.415. The summed E-state index contributed by atoms with van der Waals surface area (Å²) in [7, 11) is 2.05. The number of nitrogens with zero attached hydrogens (tertiary/aromatic N) is 2. The predicted octanol–water partition coefficient (Wildman–Crippen LogP) is 4.14. The third kappa shape index (κ3) is 3.65. The van der Waals surface area contributed by atoms with Crippen molar-refractivity contribution in [1.29, 1.82) is 0 Å². The summed E-state index contributed by atoms with van der Waals surface area (Å²) in [6, 6.07) is 0.504. The summed E-state index contributed by atoms with van der Waals surface area (Å²) in [5.74, 6) is 2.80. The van der Waals surface area contributed by atoms with Gasteiger partial charge in [0, 0.05) is 12.0 Å². The minimum Gasteiger partial charge on any atom is -0.339 e. The third-order valence-corrected chi connectivity index (χ3v) is 5.38. The molecule has 4 nitrogen and oxygen atoms in total. The van der Waals surface area contributed by atoms with Gasteiger partial charge in [-0.1, -0.05) is 50.1 Å². The van der Waals surface area contributed by atoms with Crippen molar-refractivity contribution < 1.29 is 4.52 Å². The molecule has 2 unspecified atom stereocenters. The Morgan fingerprint density at radius 3 is 2.33 bits per heavy atom. The Hall–Kier alpha value is -0.900. The summed E-state index contributed by atoms with van der Waals surface area (Å²) in [4.78, 5) is 4.81. The second-order valence-corrected chi connectivity index (χ2v) is 6.82. The highest BCUT2D eigenvalue weighted by molar-refractivity contribution is 5.04.